The van der Waals surface area contributed by atoms with Crippen LogP contribution in [0.2, 0.25) is 0 Å². The summed E-state index contributed by atoms with van der Waals surface area (Å²) in [5.41, 5.74) is 1.95. The van der Waals surface area contributed by atoms with Gasteiger partial charge in [-0.25, -0.2) is 9.78 Å². The molecular weight excluding hydrogens is 180 g/mol. The molecule has 14 heavy (non-hydrogen) atoms. The van der Waals surface area contributed by atoms with E-state index in [9.17, 15) is 4.79 Å². The molecule has 72 valence electrons. The summed E-state index contributed by atoms with van der Waals surface area (Å²) in [5.74, 6) is -0.230. The Kier molecular flexibility index (Phi) is 1.77. The number of hydrogen-bond acceptors (Lipinski definition) is 2. The van der Waals surface area contributed by atoms with Gasteiger partial charge in [-0.3, -0.25) is 4.40 Å². The van der Waals surface area contributed by atoms with Gasteiger partial charge in [0, 0.05) is 0 Å². The van der Waals surface area contributed by atoms with Crippen LogP contribution < -0.4 is 0 Å². The fraction of sp³-hybridized carbons (Fsp3) is 0.200. The van der Waals surface area contributed by atoms with Gasteiger partial charge in [0.1, 0.15) is 11.5 Å². The molecule has 0 spiro atoms. The average Bonchev–Trinajstić information content (AvgIpc) is 2.43. The van der Waals surface area contributed by atoms with Crippen LogP contribution in [-0.2, 0) is 0 Å². The Morgan fingerprint density at radius 3 is 2.79 bits per heavy atom. The zero-order valence-corrected chi connectivity index (χ0v) is 7.98. The molecule has 0 saturated carbocycles. The smallest absolute Gasteiger partial charge is 0.352 e. The van der Waals surface area contributed by atoms with Gasteiger partial charge in [0.15, 0.2) is 0 Å². The summed E-state index contributed by atoms with van der Waals surface area (Å²) >= 11 is 0. The van der Waals surface area contributed by atoms with Gasteiger partial charge in [0.25, 0.3) is 0 Å². The predicted octanol–water partition coefficient (Wildman–Crippen LogP) is 1.65. The molecule has 0 aliphatic heterocycles. The van der Waals surface area contributed by atoms with Gasteiger partial charge in [0.2, 0.25) is 0 Å². The van der Waals surface area contributed by atoms with E-state index in [1.54, 1.807) is 23.5 Å². The lowest BCUT2D eigenvalue weighted by Gasteiger charge is -2.01. The van der Waals surface area contributed by atoms with Gasteiger partial charge >= 0.3 is 5.97 Å². The van der Waals surface area contributed by atoms with Crippen LogP contribution in [0.5, 0.6) is 0 Å². The molecule has 0 aliphatic carbocycles. The van der Waals surface area contributed by atoms with Crippen LogP contribution in [0.3, 0.4) is 0 Å². The SMILES string of the molecule is Cc1nc(C)n2c(C(=O)O)cccc12. The lowest BCUT2D eigenvalue weighted by molar-refractivity contribution is 0.0688. The summed E-state index contributed by atoms with van der Waals surface area (Å²) in [4.78, 5) is 15.2. The van der Waals surface area contributed by atoms with E-state index < -0.39 is 5.97 Å². The van der Waals surface area contributed by atoms with Crippen LogP contribution in [0.4, 0.5) is 0 Å². The van der Waals surface area contributed by atoms with Crippen molar-refractivity contribution < 1.29 is 9.90 Å². The Morgan fingerprint density at radius 1 is 1.43 bits per heavy atom. The summed E-state index contributed by atoms with van der Waals surface area (Å²) in [6.07, 6.45) is 0. The highest BCUT2D eigenvalue weighted by Gasteiger charge is 2.12. The third-order valence-corrected chi connectivity index (χ3v) is 2.23. The van der Waals surface area contributed by atoms with E-state index in [4.69, 9.17) is 5.11 Å². The van der Waals surface area contributed by atoms with Crippen molar-refractivity contribution in [1.29, 1.82) is 0 Å². The summed E-state index contributed by atoms with van der Waals surface area (Å²) in [7, 11) is 0. The number of pyridine rings is 1. The molecule has 4 heteroatoms. The Labute approximate surface area is 80.8 Å². The minimum absolute atomic E-state index is 0.251. The van der Waals surface area contributed by atoms with Crippen molar-refractivity contribution in [2.45, 2.75) is 13.8 Å². The van der Waals surface area contributed by atoms with E-state index >= 15 is 0 Å². The van der Waals surface area contributed by atoms with Crippen molar-refractivity contribution in [2.24, 2.45) is 0 Å². The van der Waals surface area contributed by atoms with Gasteiger partial charge < -0.3 is 5.11 Å². The van der Waals surface area contributed by atoms with Crippen LogP contribution in [0, 0.1) is 13.8 Å². The molecule has 2 rings (SSSR count). The molecule has 0 bridgehead atoms. The lowest BCUT2D eigenvalue weighted by Crippen LogP contribution is -2.05. The average molecular weight is 190 g/mol. The molecular formula is C10H10N2O2. The highest BCUT2D eigenvalue weighted by atomic mass is 16.4. The van der Waals surface area contributed by atoms with Gasteiger partial charge in [0.05, 0.1) is 11.2 Å². The Hall–Kier alpha value is -1.84. The fourth-order valence-corrected chi connectivity index (χ4v) is 1.66. The highest BCUT2D eigenvalue weighted by molar-refractivity contribution is 5.87. The second-order valence-electron chi connectivity index (χ2n) is 3.18. The normalized spacial score (nSPS) is 10.7. The van der Waals surface area contributed by atoms with Crippen molar-refractivity contribution in [3.05, 3.63) is 35.4 Å². The van der Waals surface area contributed by atoms with Crippen molar-refractivity contribution in [3.63, 3.8) is 0 Å². The van der Waals surface area contributed by atoms with Crippen LogP contribution >= 0.6 is 0 Å². The molecule has 0 saturated heterocycles. The van der Waals surface area contributed by atoms with E-state index in [1.165, 1.54) is 0 Å². The van der Waals surface area contributed by atoms with Crippen molar-refractivity contribution in [1.82, 2.24) is 9.38 Å². The van der Waals surface area contributed by atoms with Crippen molar-refractivity contribution in [3.8, 4) is 0 Å². The highest BCUT2D eigenvalue weighted by Crippen LogP contribution is 2.14. The molecule has 2 heterocycles. The van der Waals surface area contributed by atoms with E-state index in [0.29, 0.717) is 5.82 Å². The molecule has 0 aromatic carbocycles. The van der Waals surface area contributed by atoms with Crippen LogP contribution in [0.15, 0.2) is 18.2 Å². The first-order chi connectivity index (χ1) is 6.61. The standard InChI is InChI=1S/C10H10N2O2/c1-6-8-4-3-5-9(10(13)14)12(8)7(2)11-6/h3-5H,1-2H3,(H,13,14). The van der Waals surface area contributed by atoms with E-state index in [0.717, 1.165) is 11.2 Å². The Balaban J connectivity index is 2.92. The number of aromatic nitrogens is 2. The molecule has 0 radical (unpaired) electrons. The van der Waals surface area contributed by atoms with Gasteiger partial charge in [-0.15, -0.1) is 0 Å². The van der Waals surface area contributed by atoms with E-state index in [1.807, 2.05) is 13.0 Å². The first-order valence-electron chi connectivity index (χ1n) is 4.29. The van der Waals surface area contributed by atoms with E-state index in [2.05, 4.69) is 4.98 Å². The van der Waals surface area contributed by atoms with Gasteiger partial charge in [-0.05, 0) is 26.0 Å². The largest absolute Gasteiger partial charge is 0.477 e. The van der Waals surface area contributed by atoms with Crippen LogP contribution in [-0.4, -0.2) is 20.5 Å². The third-order valence-electron chi connectivity index (χ3n) is 2.23. The molecule has 2 aromatic rings. The Morgan fingerprint density at radius 2 is 2.14 bits per heavy atom. The van der Waals surface area contributed by atoms with Crippen molar-refractivity contribution >= 4 is 11.5 Å². The molecule has 0 fully saturated rings. The minimum Gasteiger partial charge on any atom is -0.477 e. The lowest BCUT2D eigenvalue weighted by atomic mass is 10.3. The third kappa shape index (κ3) is 1.08. The Bertz CT molecular complexity index is 514. The molecule has 2 aromatic heterocycles. The first-order valence-corrected chi connectivity index (χ1v) is 4.29. The molecule has 0 atom stereocenters. The quantitative estimate of drug-likeness (QED) is 0.743. The number of imidazole rings is 1. The van der Waals surface area contributed by atoms with Crippen molar-refractivity contribution in [2.75, 3.05) is 0 Å². The number of rotatable bonds is 1. The zero-order chi connectivity index (χ0) is 10.3. The second-order valence-corrected chi connectivity index (χ2v) is 3.18. The summed E-state index contributed by atoms with van der Waals surface area (Å²) in [6.45, 7) is 3.67. The number of carboxylic acid groups (broad SMARTS) is 1. The molecule has 0 aliphatic rings. The van der Waals surface area contributed by atoms with Gasteiger partial charge in [-0.2, -0.15) is 0 Å². The predicted molar refractivity (Wildman–Crippen MR) is 51.6 cm³/mol. The summed E-state index contributed by atoms with van der Waals surface area (Å²) in [5, 5.41) is 8.97. The second kappa shape index (κ2) is 2.83. The number of aryl methyl sites for hydroxylation is 2. The number of fused-ring (bicyclic) bond motifs is 1. The maximum atomic E-state index is 10.9. The number of nitrogens with zero attached hydrogens (tertiary/aromatic N) is 2. The molecule has 1 N–H and O–H groups in total. The molecule has 4 nitrogen and oxygen atoms in total. The maximum absolute atomic E-state index is 10.9. The maximum Gasteiger partial charge on any atom is 0.352 e. The van der Waals surface area contributed by atoms with E-state index in [-0.39, 0.29) is 5.69 Å². The van der Waals surface area contributed by atoms with Gasteiger partial charge in [-0.1, -0.05) is 6.07 Å². The number of aromatic carboxylic acids is 1. The first kappa shape index (κ1) is 8.74. The minimum atomic E-state index is -0.934. The summed E-state index contributed by atoms with van der Waals surface area (Å²) < 4.78 is 1.65. The van der Waals surface area contributed by atoms with Crippen LogP contribution in [0.25, 0.3) is 5.52 Å². The number of carbonyl (C=O) groups is 1. The fourth-order valence-electron chi connectivity index (χ4n) is 1.66. The monoisotopic (exact) mass is 190 g/mol. The summed E-state index contributed by atoms with van der Waals surface area (Å²) in [6, 6.07) is 5.16. The number of hydrogen-bond donors (Lipinski definition) is 1. The molecule has 0 unspecified atom stereocenters. The molecule has 0 amide bonds. The van der Waals surface area contributed by atoms with Crippen LogP contribution in [0.1, 0.15) is 22.0 Å². The zero-order valence-electron chi connectivity index (χ0n) is 7.98. The topological polar surface area (TPSA) is 54.6 Å². The number of carboxylic acids is 1.